The normalized spacial score (nSPS) is 15.3. The lowest BCUT2D eigenvalue weighted by atomic mass is 10.2. The molecule has 1 aliphatic rings. The van der Waals surface area contributed by atoms with Gasteiger partial charge >= 0.3 is 0 Å². The smallest absolute Gasteiger partial charge is 0.246 e. The molecular formula is C26H29FN4O3. The highest BCUT2D eigenvalue weighted by Crippen LogP contribution is 2.25. The second-order valence-corrected chi connectivity index (χ2v) is 8.43. The number of benzene rings is 2. The van der Waals surface area contributed by atoms with Gasteiger partial charge in [0.15, 0.2) is 0 Å². The second-order valence-electron chi connectivity index (χ2n) is 8.43. The van der Waals surface area contributed by atoms with Crippen LogP contribution in [0.5, 0.6) is 0 Å². The summed E-state index contributed by atoms with van der Waals surface area (Å²) in [5.41, 5.74) is 2.57. The molecule has 1 atom stereocenters. The standard InChI is InChI=1S/C26H29FN4O3/c1-3-25(33)30(15-21-10-7-13-34-21)17-24(32)29-26-28-23(19-8-5-4-6-9-19)16-31(26)20-12-11-18(2)22(27)14-20/h4-6,8-9,11-12,14,16,21H,3,7,10,13,15,17H2,1-2H3,(H,28,29,32)/t21-/m1/s1. The van der Waals surface area contributed by atoms with E-state index < -0.39 is 0 Å². The molecule has 0 saturated carbocycles. The summed E-state index contributed by atoms with van der Waals surface area (Å²) in [7, 11) is 0. The maximum absolute atomic E-state index is 14.3. The fourth-order valence-corrected chi connectivity index (χ4v) is 3.99. The third-order valence-electron chi connectivity index (χ3n) is 5.90. The summed E-state index contributed by atoms with van der Waals surface area (Å²) in [4.78, 5) is 31.6. The Kier molecular flexibility index (Phi) is 7.37. The predicted molar refractivity (Wildman–Crippen MR) is 128 cm³/mol. The van der Waals surface area contributed by atoms with Crippen molar-refractivity contribution in [2.24, 2.45) is 0 Å². The maximum atomic E-state index is 14.3. The van der Waals surface area contributed by atoms with Crippen molar-refractivity contribution < 1.29 is 18.7 Å². The van der Waals surface area contributed by atoms with Gasteiger partial charge in [0.2, 0.25) is 17.8 Å². The molecule has 2 amide bonds. The largest absolute Gasteiger partial charge is 0.376 e. The van der Waals surface area contributed by atoms with E-state index in [1.54, 1.807) is 36.7 Å². The number of halogens is 1. The van der Waals surface area contributed by atoms with Gasteiger partial charge in [0, 0.05) is 31.3 Å². The summed E-state index contributed by atoms with van der Waals surface area (Å²) in [5.74, 6) is -0.576. The molecule has 0 spiro atoms. The van der Waals surface area contributed by atoms with Gasteiger partial charge in [-0.25, -0.2) is 9.37 Å². The van der Waals surface area contributed by atoms with Gasteiger partial charge in [-0.05, 0) is 37.5 Å². The van der Waals surface area contributed by atoms with Crippen LogP contribution in [-0.4, -0.2) is 52.1 Å². The number of ether oxygens (including phenoxy) is 1. The Hall–Kier alpha value is -3.52. The number of anilines is 1. The van der Waals surface area contributed by atoms with Gasteiger partial charge in [-0.1, -0.05) is 43.3 Å². The van der Waals surface area contributed by atoms with E-state index in [2.05, 4.69) is 10.3 Å². The molecule has 0 unspecified atom stereocenters. The molecule has 2 aromatic carbocycles. The molecule has 0 aliphatic carbocycles. The fourth-order valence-electron chi connectivity index (χ4n) is 3.99. The van der Waals surface area contributed by atoms with Gasteiger partial charge in [-0.2, -0.15) is 0 Å². The molecule has 1 N–H and O–H groups in total. The number of rotatable bonds is 8. The van der Waals surface area contributed by atoms with Crippen LogP contribution in [0.25, 0.3) is 16.9 Å². The van der Waals surface area contributed by atoms with Gasteiger partial charge in [0.05, 0.1) is 17.5 Å². The van der Waals surface area contributed by atoms with E-state index in [9.17, 15) is 14.0 Å². The lowest BCUT2D eigenvalue weighted by Crippen LogP contribution is -2.42. The van der Waals surface area contributed by atoms with E-state index in [-0.39, 0.29) is 36.2 Å². The minimum absolute atomic E-state index is 0.0505. The van der Waals surface area contributed by atoms with Gasteiger partial charge < -0.3 is 9.64 Å². The highest BCUT2D eigenvalue weighted by atomic mass is 19.1. The van der Waals surface area contributed by atoms with Crippen LogP contribution in [0, 0.1) is 12.7 Å². The molecule has 2 heterocycles. The second kappa shape index (κ2) is 10.6. The first-order valence-electron chi connectivity index (χ1n) is 11.5. The zero-order valence-corrected chi connectivity index (χ0v) is 19.5. The van der Waals surface area contributed by atoms with E-state index in [1.165, 1.54) is 11.0 Å². The zero-order chi connectivity index (χ0) is 24.1. The van der Waals surface area contributed by atoms with Crippen molar-refractivity contribution in [2.75, 3.05) is 25.0 Å². The van der Waals surface area contributed by atoms with Gasteiger partial charge in [-0.3, -0.25) is 19.5 Å². The Morgan fingerprint density at radius 2 is 2.03 bits per heavy atom. The zero-order valence-electron chi connectivity index (χ0n) is 19.5. The molecule has 7 nitrogen and oxygen atoms in total. The maximum Gasteiger partial charge on any atom is 0.246 e. The van der Waals surface area contributed by atoms with Crippen molar-refractivity contribution in [3.63, 3.8) is 0 Å². The molecule has 4 rings (SSSR count). The number of nitrogens with one attached hydrogen (secondary N) is 1. The lowest BCUT2D eigenvalue weighted by Gasteiger charge is -2.24. The Bertz CT molecular complexity index is 1160. The number of carbonyl (C=O) groups is 2. The topological polar surface area (TPSA) is 76.5 Å². The number of imidazole rings is 1. The molecule has 0 radical (unpaired) electrons. The molecular weight excluding hydrogens is 435 g/mol. The average Bonchev–Trinajstić information content (AvgIpc) is 3.50. The summed E-state index contributed by atoms with van der Waals surface area (Å²) >= 11 is 0. The number of amides is 2. The van der Waals surface area contributed by atoms with Crippen molar-refractivity contribution in [3.05, 3.63) is 66.1 Å². The molecule has 3 aromatic rings. The monoisotopic (exact) mass is 464 g/mol. The molecule has 1 aromatic heterocycles. The Balaban J connectivity index is 1.60. The Morgan fingerprint density at radius 3 is 2.71 bits per heavy atom. The van der Waals surface area contributed by atoms with Crippen molar-refractivity contribution in [3.8, 4) is 16.9 Å². The Morgan fingerprint density at radius 1 is 1.24 bits per heavy atom. The molecule has 0 bridgehead atoms. The minimum atomic E-state index is -0.376. The minimum Gasteiger partial charge on any atom is -0.376 e. The van der Waals surface area contributed by atoms with Crippen LogP contribution in [0.2, 0.25) is 0 Å². The number of aryl methyl sites for hydroxylation is 1. The first-order chi connectivity index (χ1) is 16.4. The number of aromatic nitrogens is 2. The van der Waals surface area contributed by atoms with Crippen LogP contribution in [0.4, 0.5) is 10.3 Å². The molecule has 34 heavy (non-hydrogen) atoms. The van der Waals surface area contributed by atoms with Crippen LogP contribution in [-0.2, 0) is 14.3 Å². The van der Waals surface area contributed by atoms with Gasteiger partial charge in [0.1, 0.15) is 12.4 Å². The first kappa shape index (κ1) is 23.6. The SMILES string of the molecule is CCC(=O)N(CC(=O)Nc1nc(-c2ccccc2)cn1-c1ccc(C)c(F)c1)C[C@H]1CCCO1. The van der Waals surface area contributed by atoms with Crippen molar-refractivity contribution >= 4 is 17.8 Å². The summed E-state index contributed by atoms with van der Waals surface area (Å²) in [6.07, 6.45) is 3.84. The van der Waals surface area contributed by atoms with Crippen LogP contribution in [0.3, 0.4) is 0 Å². The summed E-state index contributed by atoms with van der Waals surface area (Å²) < 4.78 is 21.6. The van der Waals surface area contributed by atoms with Crippen LogP contribution >= 0.6 is 0 Å². The highest BCUT2D eigenvalue weighted by Gasteiger charge is 2.24. The molecule has 1 fully saturated rings. The molecule has 178 valence electrons. The summed E-state index contributed by atoms with van der Waals surface area (Å²) in [6, 6.07) is 14.4. The molecule has 1 aliphatic heterocycles. The van der Waals surface area contributed by atoms with E-state index in [0.717, 1.165) is 18.4 Å². The average molecular weight is 465 g/mol. The lowest BCUT2D eigenvalue weighted by molar-refractivity contribution is -0.135. The number of nitrogens with zero attached hydrogens (tertiary/aromatic N) is 3. The third-order valence-corrected chi connectivity index (χ3v) is 5.90. The Labute approximate surface area is 198 Å². The van der Waals surface area contributed by atoms with E-state index in [0.29, 0.717) is 36.5 Å². The summed E-state index contributed by atoms with van der Waals surface area (Å²) in [5, 5.41) is 2.82. The van der Waals surface area contributed by atoms with Gasteiger partial charge in [-0.15, -0.1) is 0 Å². The third kappa shape index (κ3) is 5.51. The highest BCUT2D eigenvalue weighted by molar-refractivity contribution is 5.93. The first-order valence-corrected chi connectivity index (χ1v) is 11.5. The fraction of sp³-hybridized carbons (Fsp3) is 0.346. The van der Waals surface area contributed by atoms with Crippen molar-refractivity contribution in [2.45, 2.75) is 39.2 Å². The quantitative estimate of drug-likeness (QED) is 0.538. The van der Waals surface area contributed by atoms with Gasteiger partial charge in [0.25, 0.3) is 0 Å². The van der Waals surface area contributed by atoms with Crippen molar-refractivity contribution in [1.29, 1.82) is 0 Å². The van der Waals surface area contributed by atoms with E-state index in [1.807, 2.05) is 30.3 Å². The number of hydrogen-bond acceptors (Lipinski definition) is 4. The molecule has 8 heteroatoms. The predicted octanol–water partition coefficient (Wildman–Crippen LogP) is 4.34. The number of carbonyl (C=O) groups excluding carboxylic acids is 2. The molecule has 1 saturated heterocycles. The van der Waals surface area contributed by atoms with E-state index in [4.69, 9.17) is 4.74 Å². The van der Waals surface area contributed by atoms with Crippen LogP contribution in [0.15, 0.2) is 54.7 Å². The van der Waals surface area contributed by atoms with Crippen LogP contribution in [0.1, 0.15) is 31.7 Å². The number of hydrogen-bond donors (Lipinski definition) is 1. The summed E-state index contributed by atoms with van der Waals surface area (Å²) in [6.45, 7) is 4.42. The van der Waals surface area contributed by atoms with Crippen molar-refractivity contribution in [1.82, 2.24) is 14.5 Å². The van der Waals surface area contributed by atoms with E-state index >= 15 is 0 Å². The van der Waals surface area contributed by atoms with Crippen LogP contribution < -0.4 is 5.32 Å².